The maximum atomic E-state index is 8.75. The van der Waals surface area contributed by atoms with Crippen molar-refractivity contribution in [3.8, 4) is 12.3 Å². The van der Waals surface area contributed by atoms with Crippen LogP contribution >= 0.6 is 0 Å². The summed E-state index contributed by atoms with van der Waals surface area (Å²) in [6.07, 6.45) is 5.15. The van der Waals surface area contributed by atoms with Gasteiger partial charge in [0.15, 0.2) is 0 Å². The molecule has 1 rings (SSSR count). The van der Waals surface area contributed by atoms with E-state index in [-0.39, 0.29) is 6.61 Å². The Balaban J connectivity index is 2.49. The highest BCUT2D eigenvalue weighted by atomic mass is 16.4. The van der Waals surface area contributed by atoms with Crippen LogP contribution in [-0.4, -0.2) is 23.6 Å². The van der Waals surface area contributed by atoms with Crippen LogP contribution in [0.3, 0.4) is 0 Å². The van der Waals surface area contributed by atoms with Crippen LogP contribution in [0, 0.1) is 12.3 Å². The summed E-state index contributed by atoms with van der Waals surface area (Å²) in [5.41, 5.74) is 0. The molecule has 0 bridgehead atoms. The predicted octanol–water partition coefficient (Wildman–Crippen LogP) is 0.837. The lowest BCUT2D eigenvalue weighted by Gasteiger charge is -2.10. The Kier molecular flexibility index (Phi) is 3.56. The van der Waals surface area contributed by atoms with Gasteiger partial charge in [0.2, 0.25) is 0 Å². The number of terminal acetylenes is 1. The molecule has 1 heterocycles. The third-order valence-electron chi connectivity index (χ3n) is 1.66. The van der Waals surface area contributed by atoms with Crippen LogP contribution in [0.25, 0.3) is 0 Å². The van der Waals surface area contributed by atoms with Crippen molar-refractivity contribution in [2.45, 2.75) is 13.2 Å². The highest BCUT2D eigenvalue weighted by Crippen LogP contribution is 2.09. The van der Waals surface area contributed by atoms with E-state index in [0.717, 1.165) is 5.76 Å². The Morgan fingerprint density at radius 1 is 1.54 bits per heavy atom. The summed E-state index contributed by atoms with van der Waals surface area (Å²) in [5.74, 6) is 3.95. The molecule has 0 unspecified atom stereocenters. The van der Waals surface area contributed by atoms with Crippen molar-refractivity contribution in [1.82, 2.24) is 4.90 Å². The van der Waals surface area contributed by atoms with E-state index in [1.807, 2.05) is 18.0 Å². The molecule has 1 N–H and O–H groups in total. The fraction of sp³-hybridized carbons (Fsp3) is 0.400. The molecule has 3 heteroatoms. The Hall–Kier alpha value is -1.24. The molecule has 70 valence electrons. The van der Waals surface area contributed by atoms with Crippen LogP contribution in [0.5, 0.6) is 0 Å². The normalized spacial score (nSPS) is 10.3. The number of hydrogen-bond acceptors (Lipinski definition) is 3. The van der Waals surface area contributed by atoms with Crippen molar-refractivity contribution >= 4 is 0 Å². The van der Waals surface area contributed by atoms with Crippen molar-refractivity contribution in [3.05, 3.63) is 23.7 Å². The monoisotopic (exact) mass is 179 g/mol. The molecule has 13 heavy (non-hydrogen) atoms. The number of hydrogen-bond donors (Lipinski definition) is 1. The maximum absolute atomic E-state index is 8.75. The summed E-state index contributed by atoms with van der Waals surface area (Å²) in [6.45, 7) is 1.21. The van der Waals surface area contributed by atoms with Gasteiger partial charge in [0.05, 0.1) is 13.1 Å². The van der Waals surface area contributed by atoms with Gasteiger partial charge in [-0.2, -0.15) is 0 Å². The SMILES string of the molecule is C#CCN(C)Cc1ccc(CO)o1. The van der Waals surface area contributed by atoms with Crippen molar-refractivity contribution < 1.29 is 9.52 Å². The Labute approximate surface area is 78.0 Å². The van der Waals surface area contributed by atoms with Gasteiger partial charge in [-0.25, -0.2) is 0 Å². The molecular weight excluding hydrogens is 166 g/mol. The third-order valence-corrected chi connectivity index (χ3v) is 1.66. The summed E-state index contributed by atoms with van der Waals surface area (Å²) in [4.78, 5) is 1.96. The van der Waals surface area contributed by atoms with Crippen molar-refractivity contribution in [2.24, 2.45) is 0 Å². The van der Waals surface area contributed by atoms with Crippen LogP contribution in [0.4, 0.5) is 0 Å². The van der Waals surface area contributed by atoms with E-state index < -0.39 is 0 Å². The molecule has 1 aromatic rings. The predicted molar refractivity (Wildman–Crippen MR) is 49.8 cm³/mol. The van der Waals surface area contributed by atoms with E-state index in [2.05, 4.69) is 5.92 Å². The zero-order chi connectivity index (χ0) is 9.68. The highest BCUT2D eigenvalue weighted by molar-refractivity contribution is 5.06. The highest BCUT2D eigenvalue weighted by Gasteiger charge is 2.03. The van der Waals surface area contributed by atoms with Crippen molar-refractivity contribution in [3.63, 3.8) is 0 Å². The average molecular weight is 179 g/mol. The molecule has 0 atom stereocenters. The van der Waals surface area contributed by atoms with E-state index in [1.165, 1.54) is 0 Å². The Morgan fingerprint density at radius 3 is 2.77 bits per heavy atom. The molecule has 0 saturated heterocycles. The number of furan rings is 1. The molecule has 0 radical (unpaired) electrons. The second-order valence-corrected chi connectivity index (χ2v) is 2.90. The quantitative estimate of drug-likeness (QED) is 0.696. The molecule has 0 aliphatic rings. The van der Waals surface area contributed by atoms with E-state index in [0.29, 0.717) is 18.8 Å². The lowest BCUT2D eigenvalue weighted by Crippen LogP contribution is -2.17. The molecule has 0 fully saturated rings. The lowest BCUT2D eigenvalue weighted by atomic mass is 10.4. The molecule has 0 aromatic carbocycles. The van der Waals surface area contributed by atoms with Gasteiger partial charge in [0, 0.05) is 0 Å². The zero-order valence-corrected chi connectivity index (χ0v) is 7.66. The minimum absolute atomic E-state index is 0.0567. The summed E-state index contributed by atoms with van der Waals surface area (Å²) in [6, 6.07) is 3.61. The van der Waals surface area contributed by atoms with Gasteiger partial charge >= 0.3 is 0 Å². The molecule has 0 aliphatic carbocycles. The van der Waals surface area contributed by atoms with Crippen LogP contribution in [0.2, 0.25) is 0 Å². The first-order chi connectivity index (χ1) is 6.26. The summed E-state index contributed by atoms with van der Waals surface area (Å²) in [7, 11) is 1.92. The number of aliphatic hydroxyl groups is 1. The first kappa shape index (κ1) is 9.85. The van der Waals surface area contributed by atoms with Crippen LogP contribution < -0.4 is 0 Å². The lowest BCUT2D eigenvalue weighted by molar-refractivity contribution is 0.236. The van der Waals surface area contributed by atoms with E-state index >= 15 is 0 Å². The standard InChI is InChI=1S/C10H13NO2/c1-3-6-11(2)7-9-4-5-10(8-12)13-9/h1,4-5,12H,6-8H2,2H3. The largest absolute Gasteiger partial charge is 0.462 e. The van der Waals surface area contributed by atoms with Crippen LogP contribution in [-0.2, 0) is 13.2 Å². The molecule has 0 amide bonds. The van der Waals surface area contributed by atoms with Crippen molar-refractivity contribution in [2.75, 3.05) is 13.6 Å². The fourth-order valence-electron chi connectivity index (χ4n) is 1.07. The molecule has 1 aromatic heterocycles. The average Bonchev–Trinajstić information content (AvgIpc) is 2.52. The van der Waals surface area contributed by atoms with Crippen molar-refractivity contribution in [1.29, 1.82) is 0 Å². The third kappa shape index (κ3) is 2.94. The number of rotatable bonds is 4. The smallest absolute Gasteiger partial charge is 0.129 e. The van der Waals surface area contributed by atoms with Gasteiger partial charge in [0.25, 0.3) is 0 Å². The first-order valence-corrected chi connectivity index (χ1v) is 4.06. The molecule has 0 spiro atoms. The first-order valence-electron chi connectivity index (χ1n) is 4.06. The van der Waals surface area contributed by atoms with E-state index in [1.54, 1.807) is 6.07 Å². The van der Waals surface area contributed by atoms with Crippen LogP contribution in [0.1, 0.15) is 11.5 Å². The number of aliphatic hydroxyl groups excluding tert-OH is 1. The molecule has 0 aliphatic heterocycles. The topological polar surface area (TPSA) is 36.6 Å². The van der Waals surface area contributed by atoms with Gasteiger partial charge in [0.1, 0.15) is 18.1 Å². The fourth-order valence-corrected chi connectivity index (χ4v) is 1.07. The Bertz CT molecular complexity index is 298. The second kappa shape index (κ2) is 4.70. The summed E-state index contributed by atoms with van der Waals surface area (Å²) in [5, 5.41) is 8.75. The summed E-state index contributed by atoms with van der Waals surface area (Å²) >= 11 is 0. The van der Waals surface area contributed by atoms with Gasteiger partial charge in [-0.1, -0.05) is 5.92 Å². The molecule has 0 saturated carbocycles. The Morgan fingerprint density at radius 2 is 2.23 bits per heavy atom. The van der Waals surface area contributed by atoms with Crippen LogP contribution in [0.15, 0.2) is 16.5 Å². The summed E-state index contributed by atoms with van der Waals surface area (Å²) < 4.78 is 5.29. The van der Waals surface area contributed by atoms with Gasteiger partial charge in [-0.05, 0) is 19.2 Å². The van der Waals surface area contributed by atoms with Gasteiger partial charge in [-0.15, -0.1) is 6.42 Å². The minimum Gasteiger partial charge on any atom is -0.462 e. The van der Waals surface area contributed by atoms with E-state index in [4.69, 9.17) is 15.9 Å². The molecule has 3 nitrogen and oxygen atoms in total. The number of nitrogens with zero attached hydrogens (tertiary/aromatic N) is 1. The van der Waals surface area contributed by atoms with E-state index in [9.17, 15) is 0 Å². The molecular formula is C10H13NO2. The van der Waals surface area contributed by atoms with Gasteiger partial charge < -0.3 is 9.52 Å². The minimum atomic E-state index is -0.0567. The maximum Gasteiger partial charge on any atom is 0.129 e. The van der Waals surface area contributed by atoms with Gasteiger partial charge in [-0.3, -0.25) is 4.90 Å². The zero-order valence-electron chi connectivity index (χ0n) is 7.66. The second-order valence-electron chi connectivity index (χ2n) is 2.90.